The van der Waals surface area contributed by atoms with Gasteiger partial charge in [0.15, 0.2) is 5.96 Å². The first-order chi connectivity index (χ1) is 19.7. The average molecular weight is 594 g/mol. The Bertz CT molecular complexity index is 1040. The first-order valence-corrected chi connectivity index (χ1v) is 14.5. The van der Waals surface area contributed by atoms with E-state index < -0.39 is 30.2 Å². The van der Waals surface area contributed by atoms with Gasteiger partial charge in [0.05, 0.1) is 30.5 Å². The first-order valence-electron chi connectivity index (χ1n) is 13.6. The number of carboxylic acids is 1. The minimum absolute atomic E-state index is 0.0397. The summed E-state index contributed by atoms with van der Waals surface area (Å²) in [6.07, 6.45) is 3.45. The van der Waals surface area contributed by atoms with Gasteiger partial charge in [-0.3, -0.25) is 25.1 Å². The fourth-order valence-electron chi connectivity index (χ4n) is 4.81. The molecular weight excluding hydrogens is 550 g/mol. The molecule has 3 atom stereocenters. The lowest BCUT2D eigenvalue weighted by atomic mass is 9.90. The maximum atomic E-state index is 13.1. The molecule has 2 amide bonds. The minimum Gasteiger partial charge on any atom is -0.478 e. The summed E-state index contributed by atoms with van der Waals surface area (Å²) in [4.78, 5) is 40.2. The molecule has 15 heteroatoms. The predicted octanol–water partition coefficient (Wildman–Crippen LogP) is -0.316. The molecule has 2 aliphatic heterocycles. The standard InChI is InChI=1S/C25H38N8O5S.CH5N/c26-15-33-8-2-5-19(23(33)36)30-21(34)13-29-22(35)20(12-16-6-9-32(10-7-16)25(27)28)31-39-14-17-3-1-4-18(11-17)24(37)38;1-2/h1,3-4,11,15-16,19-20,23,26,31,36H,2,5-10,12-14H2,(H3,27,28)(H,29,35)(H,30,34)(H,37,38);2H2,1H3/t19?,20-,23?;/m1./s1. The summed E-state index contributed by atoms with van der Waals surface area (Å²) in [6.45, 7) is 1.58. The van der Waals surface area contributed by atoms with Gasteiger partial charge in [-0.05, 0) is 62.8 Å². The number of amides is 2. The summed E-state index contributed by atoms with van der Waals surface area (Å²) in [5.74, 6) is -1.07. The molecule has 3 rings (SSSR count). The van der Waals surface area contributed by atoms with E-state index in [1.165, 1.54) is 30.0 Å². The number of guanidine groups is 1. The van der Waals surface area contributed by atoms with Crippen molar-refractivity contribution in [2.75, 3.05) is 33.2 Å². The van der Waals surface area contributed by atoms with Crippen LogP contribution in [-0.4, -0.2) is 102 Å². The second-order valence-corrected chi connectivity index (χ2v) is 10.6. The number of benzene rings is 1. The van der Waals surface area contributed by atoms with E-state index >= 15 is 0 Å². The molecule has 2 fully saturated rings. The lowest BCUT2D eigenvalue weighted by molar-refractivity contribution is -0.128. The summed E-state index contributed by atoms with van der Waals surface area (Å²) in [6, 6.07) is 5.48. The number of rotatable bonds is 12. The number of piperidine rings is 2. The van der Waals surface area contributed by atoms with Gasteiger partial charge in [0.25, 0.3) is 0 Å². The van der Waals surface area contributed by atoms with E-state index in [9.17, 15) is 24.6 Å². The number of carbonyl (C=O) groups is 3. The number of likely N-dealkylation sites (tertiary alicyclic amines) is 2. The second-order valence-electron chi connectivity index (χ2n) is 9.83. The van der Waals surface area contributed by atoms with Crippen molar-refractivity contribution < 1.29 is 24.6 Å². The van der Waals surface area contributed by atoms with Crippen LogP contribution in [0.1, 0.15) is 48.0 Å². The number of carbonyl (C=O) groups excluding carboxylic acids is 2. The number of nitrogens with zero attached hydrogens (tertiary/aromatic N) is 2. The van der Waals surface area contributed by atoms with Crippen LogP contribution in [0.15, 0.2) is 24.3 Å². The molecule has 0 spiro atoms. The number of hydrogen-bond donors (Lipinski definition) is 9. The van der Waals surface area contributed by atoms with Crippen molar-refractivity contribution >= 4 is 42.0 Å². The van der Waals surface area contributed by atoms with E-state index in [2.05, 4.69) is 21.1 Å². The van der Waals surface area contributed by atoms with Crippen LogP contribution in [0.25, 0.3) is 0 Å². The quantitative estimate of drug-likeness (QED) is 0.0865. The van der Waals surface area contributed by atoms with E-state index in [-0.39, 0.29) is 29.9 Å². The Morgan fingerprint density at radius 2 is 1.90 bits per heavy atom. The van der Waals surface area contributed by atoms with Crippen molar-refractivity contribution in [3.63, 3.8) is 0 Å². The molecule has 2 heterocycles. The van der Waals surface area contributed by atoms with Crippen LogP contribution in [0, 0.1) is 16.7 Å². The minimum atomic E-state index is -1.01. The van der Waals surface area contributed by atoms with E-state index in [1.807, 2.05) is 6.07 Å². The number of nitrogens with two attached hydrogens (primary N) is 2. The molecule has 11 N–H and O–H groups in total. The fraction of sp³-hybridized carbons (Fsp3) is 0.577. The molecule has 2 saturated heterocycles. The van der Waals surface area contributed by atoms with E-state index in [0.717, 1.165) is 31.2 Å². The molecule has 2 unspecified atom stereocenters. The van der Waals surface area contributed by atoms with E-state index in [4.69, 9.17) is 16.6 Å². The molecule has 41 heavy (non-hydrogen) atoms. The second kappa shape index (κ2) is 17.4. The highest BCUT2D eigenvalue weighted by atomic mass is 32.2. The molecule has 0 aromatic heterocycles. The third-order valence-electron chi connectivity index (χ3n) is 7.05. The lowest BCUT2D eigenvalue weighted by Gasteiger charge is -2.36. The topological polar surface area (TPSA) is 234 Å². The van der Waals surface area contributed by atoms with Crippen molar-refractivity contribution in [1.82, 2.24) is 25.2 Å². The molecule has 14 nitrogen and oxygen atoms in total. The molecule has 1 aromatic rings. The Kier molecular flexibility index (Phi) is 14.4. The number of aliphatic hydroxyl groups is 1. The normalized spacial score (nSPS) is 19.8. The fourth-order valence-corrected chi connectivity index (χ4v) is 5.65. The van der Waals surface area contributed by atoms with Gasteiger partial charge in [-0.1, -0.05) is 24.1 Å². The molecule has 2 aliphatic rings. The Morgan fingerprint density at radius 3 is 2.54 bits per heavy atom. The van der Waals surface area contributed by atoms with Crippen molar-refractivity contribution in [3.8, 4) is 0 Å². The van der Waals surface area contributed by atoms with Gasteiger partial charge in [0.2, 0.25) is 11.8 Å². The third-order valence-corrected chi connectivity index (χ3v) is 7.97. The first kappa shape index (κ1) is 33.8. The zero-order valence-corrected chi connectivity index (χ0v) is 24.2. The molecule has 0 bridgehead atoms. The smallest absolute Gasteiger partial charge is 0.335 e. The largest absolute Gasteiger partial charge is 0.478 e. The molecule has 1 aromatic carbocycles. The van der Waals surface area contributed by atoms with Crippen LogP contribution in [0.5, 0.6) is 0 Å². The van der Waals surface area contributed by atoms with Gasteiger partial charge >= 0.3 is 5.97 Å². The zero-order valence-electron chi connectivity index (χ0n) is 23.3. The highest BCUT2D eigenvalue weighted by Crippen LogP contribution is 2.23. The maximum Gasteiger partial charge on any atom is 0.335 e. The molecule has 0 aliphatic carbocycles. The molecular formula is C26H43N9O5S. The van der Waals surface area contributed by atoms with Gasteiger partial charge in [-0.2, -0.15) is 0 Å². The van der Waals surface area contributed by atoms with Crippen LogP contribution in [0.3, 0.4) is 0 Å². The summed E-state index contributed by atoms with van der Waals surface area (Å²) in [7, 11) is 1.50. The van der Waals surface area contributed by atoms with Crippen molar-refractivity contribution in [1.29, 1.82) is 10.8 Å². The van der Waals surface area contributed by atoms with Crippen LogP contribution in [0.4, 0.5) is 0 Å². The van der Waals surface area contributed by atoms with Crippen LogP contribution in [-0.2, 0) is 15.3 Å². The summed E-state index contributed by atoms with van der Waals surface area (Å²) >= 11 is 1.29. The highest BCUT2D eigenvalue weighted by Gasteiger charge is 2.30. The summed E-state index contributed by atoms with van der Waals surface area (Å²) in [5.41, 5.74) is 11.1. The number of aliphatic hydroxyl groups excluding tert-OH is 1. The van der Waals surface area contributed by atoms with Crippen LogP contribution in [0.2, 0.25) is 0 Å². The Balaban J connectivity index is 0.00000287. The summed E-state index contributed by atoms with van der Waals surface area (Å²) in [5, 5.41) is 40.0. The molecule has 228 valence electrons. The van der Waals surface area contributed by atoms with Gasteiger partial charge < -0.3 is 42.1 Å². The van der Waals surface area contributed by atoms with Gasteiger partial charge in [-0.25, -0.2) is 4.79 Å². The van der Waals surface area contributed by atoms with Crippen LogP contribution < -0.4 is 26.8 Å². The summed E-state index contributed by atoms with van der Waals surface area (Å²) < 4.78 is 3.20. The molecule has 0 radical (unpaired) electrons. The van der Waals surface area contributed by atoms with Crippen molar-refractivity contribution in [3.05, 3.63) is 35.4 Å². The van der Waals surface area contributed by atoms with Gasteiger partial charge in [-0.15, -0.1) is 0 Å². The number of hydrogen-bond acceptors (Lipinski definition) is 9. The van der Waals surface area contributed by atoms with E-state index in [1.54, 1.807) is 17.0 Å². The lowest BCUT2D eigenvalue weighted by Crippen LogP contribution is -2.56. The third kappa shape index (κ3) is 10.8. The van der Waals surface area contributed by atoms with E-state index in [0.29, 0.717) is 38.2 Å². The monoisotopic (exact) mass is 593 g/mol. The van der Waals surface area contributed by atoms with Gasteiger partial charge in [0.1, 0.15) is 6.23 Å². The van der Waals surface area contributed by atoms with Crippen LogP contribution >= 0.6 is 11.9 Å². The van der Waals surface area contributed by atoms with Gasteiger partial charge in [0, 0.05) is 25.4 Å². The van der Waals surface area contributed by atoms with Crippen molar-refractivity contribution in [2.24, 2.45) is 17.4 Å². The Labute approximate surface area is 244 Å². The number of nitrogens with one attached hydrogen (secondary N) is 5. The SMILES string of the molecule is CN.N=CN1CCCC(NC(=O)CNC(=O)[C@@H](CC2CCN(C(=N)N)CC2)NSCc2cccc(C(=O)O)c2)C1O. The Hall–Kier alpha value is -3.40. The predicted molar refractivity (Wildman–Crippen MR) is 158 cm³/mol. The average Bonchev–Trinajstić information content (AvgIpc) is 2.98. The Morgan fingerprint density at radius 1 is 1.20 bits per heavy atom. The maximum absolute atomic E-state index is 13.1. The highest BCUT2D eigenvalue weighted by molar-refractivity contribution is 7.96. The zero-order chi connectivity index (χ0) is 30.4. The number of aromatic carboxylic acids is 1. The molecule has 0 saturated carbocycles. The van der Waals surface area contributed by atoms with Crippen molar-refractivity contribution in [2.45, 2.75) is 56.2 Å². The number of carboxylic acid groups (broad SMARTS) is 1.